The Hall–Kier alpha value is -5.59. The molecular weight excluding hydrogens is 594 g/mol. The van der Waals surface area contributed by atoms with Gasteiger partial charge in [0, 0.05) is 28.3 Å². The van der Waals surface area contributed by atoms with Crippen LogP contribution in [0.25, 0.3) is 5.69 Å². The van der Waals surface area contributed by atoms with Crippen molar-refractivity contribution in [2.75, 3.05) is 26.9 Å². The number of nitrogens with zero attached hydrogens (tertiary/aromatic N) is 2. The fourth-order valence-electron chi connectivity index (χ4n) is 5.03. The summed E-state index contributed by atoms with van der Waals surface area (Å²) < 4.78 is 23.4. The molecule has 0 unspecified atom stereocenters. The van der Waals surface area contributed by atoms with E-state index in [0.717, 1.165) is 22.6 Å². The van der Waals surface area contributed by atoms with E-state index in [0.29, 0.717) is 29.2 Å². The number of hydrogen-bond donors (Lipinski definition) is 3. The molecule has 1 aliphatic rings. The van der Waals surface area contributed by atoms with Gasteiger partial charge in [-0.25, -0.2) is 19.8 Å². The first-order valence-electron chi connectivity index (χ1n) is 14.6. The van der Waals surface area contributed by atoms with Crippen molar-refractivity contribution in [3.63, 3.8) is 0 Å². The minimum atomic E-state index is -0.778. The van der Waals surface area contributed by atoms with Crippen molar-refractivity contribution >= 4 is 30.1 Å². The van der Waals surface area contributed by atoms with E-state index in [9.17, 15) is 19.2 Å². The molecule has 0 fully saturated rings. The van der Waals surface area contributed by atoms with Crippen LogP contribution in [0.3, 0.4) is 0 Å². The van der Waals surface area contributed by atoms with Gasteiger partial charge in [0.05, 0.1) is 43.7 Å². The molecule has 0 aliphatic carbocycles. The second-order valence-electron chi connectivity index (χ2n) is 10.2. The van der Waals surface area contributed by atoms with Crippen molar-refractivity contribution in [2.24, 2.45) is 5.10 Å². The zero-order chi connectivity index (χ0) is 33.4. The third-order valence-corrected chi connectivity index (χ3v) is 7.14. The van der Waals surface area contributed by atoms with E-state index in [4.69, 9.17) is 18.9 Å². The molecule has 1 aliphatic heterocycles. The first kappa shape index (κ1) is 33.3. The number of ether oxygens (including phenoxy) is 4. The van der Waals surface area contributed by atoms with Gasteiger partial charge in [-0.15, -0.1) is 0 Å². The van der Waals surface area contributed by atoms with E-state index in [-0.39, 0.29) is 30.5 Å². The molecule has 242 valence electrons. The van der Waals surface area contributed by atoms with Gasteiger partial charge in [-0.2, -0.15) is 5.10 Å². The Kier molecular flexibility index (Phi) is 10.8. The summed E-state index contributed by atoms with van der Waals surface area (Å²) in [6.45, 7) is 9.09. The zero-order valence-electron chi connectivity index (χ0n) is 26.6. The number of methoxy groups -OCH3 is 1. The maximum Gasteiger partial charge on any atom is 0.338 e. The highest BCUT2D eigenvalue weighted by atomic mass is 16.5. The summed E-state index contributed by atoms with van der Waals surface area (Å²) in [5.74, 6) is -0.853. The number of benzene rings is 2. The van der Waals surface area contributed by atoms with Gasteiger partial charge in [-0.3, -0.25) is 4.79 Å². The van der Waals surface area contributed by atoms with Crippen molar-refractivity contribution in [2.45, 2.75) is 40.7 Å². The van der Waals surface area contributed by atoms with Crippen molar-refractivity contribution in [1.82, 2.24) is 20.6 Å². The maximum atomic E-state index is 12.6. The molecule has 2 heterocycles. The zero-order valence-corrected chi connectivity index (χ0v) is 26.6. The molecular formula is C33H37N5O8. The van der Waals surface area contributed by atoms with Crippen LogP contribution in [0.2, 0.25) is 0 Å². The standard InChI is InChI=1S/C33H37N5O8/c1-7-44-31(40)22-9-12-25(13-10-22)38-19(3)15-24(21(38)5)17-34-37-28(39)18-46-26-14-11-23(16-27(26)43-6)30-29(32(41)45-8-2)20(4)35-33(42)36-30/h9-17,30H,7-8,18H2,1-6H3,(H,37,39)(H2,35,36,42)/b34-17-/t30-/m0/s1. The number of carbonyl (C=O) groups is 4. The number of rotatable bonds is 12. The third-order valence-electron chi connectivity index (χ3n) is 7.14. The van der Waals surface area contributed by atoms with Gasteiger partial charge in [0.2, 0.25) is 0 Å². The van der Waals surface area contributed by atoms with Crippen LogP contribution < -0.4 is 25.5 Å². The first-order valence-corrected chi connectivity index (χ1v) is 14.6. The maximum absolute atomic E-state index is 12.6. The smallest absolute Gasteiger partial charge is 0.338 e. The van der Waals surface area contributed by atoms with Gasteiger partial charge in [-0.05, 0) is 82.6 Å². The molecule has 2 aromatic carbocycles. The number of urea groups is 1. The minimum Gasteiger partial charge on any atom is -0.493 e. The van der Waals surface area contributed by atoms with Crippen molar-refractivity contribution in [1.29, 1.82) is 0 Å². The molecule has 1 atom stereocenters. The SMILES string of the molecule is CCOC(=O)C1=C(C)NC(=O)N[C@H]1c1ccc(OCC(=O)N/N=C\c2cc(C)n(-c3ccc(C(=O)OCC)cc3)c2C)c(OC)c1. The van der Waals surface area contributed by atoms with Crippen LogP contribution in [0.5, 0.6) is 11.5 Å². The van der Waals surface area contributed by atoms with Crippen LogP contribution in [0.1, 0.15) is 59.7 Å². The van der Waals surface area contributed by atoms with E-state index in [1.54, 1.807) is 57.3 Å². The number of aromatic nitrogens is 1. The van der Waals surface area contributed by atoms with E-state index in [1.807, 2.05) is 36.6 Å². The topological polar surface area (TPSA) is 159 Å². The van der Waals surface area contributed by atoms with Crippen molar-refractivity contribution in [3.05, 3.63) is 87.9 Å². The summed E-state index contributed by atoms with van der Waals surface area (Å²) in [6, 6.07) is 12.7. The first-order chi connectivity index (χ1) is 22.1. The number of esters is 2. The largest absolute Gasteiger partial charge is 0.493 e. The monoisotopic (exact) mass is 631 g/mol. The van der Waals surface area contributed by atoms with Crippen LogP contribution in [0.15, 0.2) is 64.9 Å². The van der Waals surface area contributed by atoms with Crippen molar-refractivity contribution < 1.29 is 38.1 Å². The van der Waals surface area contributed by atoms with Gasteiger partial charge in [0.15, 0.2) is 18.1 Å². The fourth-order valence-corrected chi connectivity index (χ4v) is 5.03. The van der Waals surface area contributed by atoms with E-state index in [2.05, 4.69) is 21.2 Å². The predicted octanol–water partition coefficient (Wildman–Crippen LogP) is 4.00. The molecule has 0 radical (unpaired) electrons. The van der Waals surface area contributed by atoms with Crippen molar-refractivity contribution in [3.8, 4) is 17.2 Å². The second kappa shape index (κ2) is 14.9. The lowest BCUT2D eigenvalue weighted by Crippen LogP contribution is -2.45. The van der Waals surface area contributed by atoms with E-state index >= 15 is 0 Å². The normalized spacial score (nSPS) is 14.4. The molecule has 1 aromatic heterocycles. The summed E-state index contributed by atoms with van der Waals surface area (Å²) in [4.78, 5) is 49.3. The number of aryl methyl sites for hydroxylation is 1. The highest BCUT2D eigenvalue weighted by Gasteiger charge is 2.32. The molecule has 13 nitrogen and oxygen atoms in total. The molecule has 3 aromatic rings. The lowest BCUT2D eigenvalue weighted by molar-refractivity contribution is -0.139. The van der Waals surface area contributed by atoms with Gasteiger partial charge in [-0.1, -0.05) is 6.07 Å². The van der Waals surface area contributed by atoms with Crippen LogP contribution in [0, 0.1) is 13.8 Å². The Morgan fingerprint density at radius 3 is 2.33 bits per heavy atom. The highest BCUT2D eigenvalue weighted by molar-refractivity contribution is 5.95. The summed E-state index contributed by atoms with van der Waals surface area (Å²) in [7, 11) is 1.44. The van der Waals surface area contributed by atoms with Gasteiger partial charge in [0.1, 0.15) is 0 Å². The second-order valence-corrected chi connectivity index (χ2v) is 10.2. The Labute approximate surface area is 266 Å². The molecule has 3 amide bonds. The molecule has 0 saturated carbocycles. The fraction of sp³-hybridized carbons (Fsp3) is 0.303. The molecule has 46 heavy (non-hydrogen) atoms. The Bertz CT molecular complexity index is 1690. The lowest BCUT2D eigenvalue weighted by atomic mass is 9.95. The number of hydrogen-bond acceptors (Lipinski definition) is 9. The molecule has 0 saturated heterocycles. The summed E-state index contributed by atoms with van der Waals surface area (Å²) in [5.41, 5.74) is 7.63. The molecule has 13 heteroatoms. The van der Waals surface area contributed by atoms with Gasteiger partial charge >= 0.3 is 18.0 Å². The average Bonchev–Trinajstić information content (AvgIpc) is 3.31. The number of nitrogens with one attached hydrogen (secondary N) is 3. The quantitative estimate of drug-likeness (QED) is 0.154. The molecule has 0 spiro atoms. The van der Waals surface area contributed by atoms with Crippen LogP contribution in [0.4, 0.5) is 4.79 Å². The minimum absolute atomic E-state index is 0.179. The number of hydrazone groups is 1. The van der Waals surface area contributed by atoms with E-state index in [1.165, 1.54) is 7.11 Å². The average molecular weight is 632 g/mol. The Balaban J connectivity index is 1.40. The number of amides is 3. The van der Waals surface area contributed by atoms with E-state index < -0.39 is 23.9 Å². The number of allylic oxidation sites excluding steroid dienone is 1. The van der Waals surface area contributed by atoms with Crippen LogP contribution >= 0.6 is 0 Å². The Morgan fingerprint density at radius 1 is 0.957 bits per heavy atom. The van der Waals surface area contributed by atoms with Gasteiger partial charge < -0.3 is 34.1 Å². The van der Waals surface area contributed by atoms with Crippen LogP contribution in [-0.4, -0.2) is 61.6 Å². The Morgan fingerprint density at radius 2 is 1.65 bits per heavy atom. The number of carbonyl (C=O) groups excluding carboxylic acids is 4. The lowest BCUT2D eigenvalue weighted by Gasteiger charge is -2.28. The predicted molar refractivity (Wildman–Crippen MR) is 169 cm³/mol. The third kappa shape index (κ3) is 7.54. The van der Waals surface area contributed by atoms with Gasteiger partial charge in [0.25, 0.3) is 5.91 Å². The molecule has 4 rings (SSSR count). The summed E-state index contributed by atoms with van der Waals surface area (Å²) in [6.07, 6.45) is 1.54. The summed E-state index contributed by atoms with van der Waals surface area (Å²) in [5, 5.41) is 9.42. The molecule has 0 bridgehead atoms. The van der Waals surface area contributed by atoms with Crippen LogP contribution in [-0.2, 0) is 19.1 Å². The summed E-state index contributed by atoms with van der Waals surface area (Å²) >= 11 is 0. The highest BCUT2D eigenvalue weighted by Crippen LogP contribution is 2.34. The molecule has 3 N–H and O–H groups in total.